The Balaban J connectivity index is 3.07. The summed E-state index contributed by atoms with van der Waals surface area (Å²) in [5.74, 6) is 1.57. The average Bonchev–Trinajstić information content (AvgIpc) is 2.44. The third-order valence-corrected chi connectivity index (χ3v) is 4.39. The second-order valence-electron chi connectivity index (χ2n) is 4.90. The smallest absolute Gasteiger partial charge is 0.119 e. The van der Waals surface area contributed by atoms with Gasteiger partial charge in [-0.2, -0.15) is 0 Å². The summed E-state index contributed by atoms with van der Waals surface area (Å²) in [4.78, 5) is 0. The lowest BCUT2D eigenvalue weighted by Gasteiger charge is -2.28. The van der Waals surface area contributed by atoms with Crippen molar-refractivity contribution in [3.05, 3.63) is 28.2 Å². The molecule has 0 aliphatic heterocycles. The molecule has 0 heterocycles. The first-order valence-electron chi connectivity index (χ1n) is 7.24. The van der Waals surface area contributed by atoms with Crippen LogP contribution in [0.15, 0.2) is 22.7 Å². The van der Waals surface area contributed by atoms with Gasteiger partial charge in [0.15, 0.2) is 0 Å². The van der Waals surface area contributed by atoms with Crippen LogP contribution in [0.2, 0.25) is 0 Å². The zero-order valence-corrected chi connectivity index (χ0v) is 14.1. The molecule has 19 heavy (non-hydrogen) atoms. The number of hydrogen-bond acceptors (Lipinski definition) is 2. The van der Waals surface area contributed by atoms with E-state index in [2.05, 4.69) is 54.2 Å². The second-order valence-corrected chi connectivity index (χ2v) is 5.75. The molecule has 2 nitrogen and oxygen atoms in total. The minimum absolute atomic E-state index is 0.388. The van der Waals surface area contributed by atoms with E-state index in [0.717, 1.165) is 23.2 Å². The molecule has 0 saturated carbocycles. The fraction of sp³-hybridized carbons (Fsp3) is 0.625. The zero-order valence-electron chi connectivity index (χ0n) is 12.5. The monoisotopic (exact) mass is 327 g/mol. The molecule has 0 saturated heterocycles. The largest absolute Gasteiger partial charge is 0.497 e. The van der Waals surface area contributed by atoms with Crippen LogP contribution >= 0.6 is 15.9 Å². The van der Waals surface area contributed by atoms with Crippen LogP contribution in [-0.4, -0.2) is 13.7 Å². The van der Waals surface area contributed by atoms with Crippen molar-refractivity contribution in [2.24, 2.45) is 5.92 Å². The average molecular weight is 328 g/mol. The second kappa shape index (κ2) is 8.60. The normalized spacial score (nSPS) is 12.7. The van der Waals surface area contributed by atoms with Crippen molar-refractivity contribution in [2.45, 2.75) is 46.1 Å². The molecular weight excluding hydrogens is 302 g/mol. The van der Waals surface area contributed by atoms with Crippen LogP contribution in [0.25, 0.3) is 0 Å². The van der Waals surface area contributed by atoms with Gasteiger partial charge in [0.25, 0.3) is 0 Å². The van der Waals surface area contributed by atoms with Crippen molar-refractivity contribution >= 4 is 15.9 Å². The lowest BCUT2D eigenvalue weighted by Crippen LogP contribution is -2.29. The van der Waals surface area contributed by atoms with Gasteiger partial charge in [-0.3, -0.25) is 0 Å². The fourth-order valence-electron chi connectivity index (χ4n) is 2.48. The maximum Gasteiger partial charge on any atom is 0.119 e. The molecule has 0 aromatic heterocycles. The predicted molar refractivity (Wildman–Crippen MR) is 85.8 cm³/mol. The summed E-state index contributed by atoms with van der Waals surface area (Å²) in [7, 11) is 1.72. The van der Waals surface area contributed by atoms with Gasteiger partial charge in [-0.15, -0.1) is 0 Å². The van der Waals surface area contributed by atoms with Crippen molar-refractivity contribution < 1.29 is 4.74 Å². The molecular formula is C16H26BrNO. The Kier molecular flexibility index (Phi) is 7.47. The number of halogens is 1. The highest BCUT2D eigenvalue weighted by atomic mass is 79.9. The van der Waals surface area contributed by atoms with E-state index in [1.165, 1.54) is 18.4 Å². The van der Waals surface area contributed by atoms with Crippen LogP contribution in [0.4, 0.5) is 0 Å². The quantitative estimate of drug-likeness (QED) is 0.730. The number of hydrogen-bond donors (Lipinski definition) is 1. The number of benzene rings is 1. The molecule has 1 N–H and O–H groups in total. The Morgan fingerprint density at radius 1 is 1.21 bits per heavy atom. The molecule has 0 amide bonds. The minimum atomic E-state index is 0.388. The van der Waals surface area contributed by atoms with Crippen molar-refractivity contribution in [1.82, 2.24) is 5.32 Å². The van der Waals surface area contributed by atoms with E-state index in [1.54, 1.807) is 7.11 Å². The lowest BCUT2D eigenvalue weighted by molar-refractivity contribution is 0.338. The third kappa shape index (κ3) is 4.50. The highest BCUT2D eigenvalue weighted by Gasteiger charge is 2.22. The first-order valence-corrected chi connectivity index (χ1v) is 8.03. The van der Waals surface area contributed by atoms with E-state index in [-0.39, 0.29) is 0 Å². The third-order valence-electron chi connectivity index (χ3n) is 3.67. The van der Waals surface area contributed by atoms with Gasteiger partial charge >= 0.3 is 0 Å². The molecule has 1 aromatic carbocycles. The van der Waals surface area contributed by atoms with Crippen LogP contribution < -0.4 is 10.1 Å². The fourth-order valence-corrected chi connectivity index (χ4v) is 2.97. The van der Waals surface area contributed by atoms with E-state index >= 15 is 0 Å². The van der Waals surface area contributed by atoms with Gasteiger partial charge < -0.3 is 10.1 Å². The summed E-state index contributed by atoms with van der Waals surface area (Å²) >= 11 is 3.68. The molecule has 3 heteroatoms. The van der Waals surface area contributed by atoms with Gasteiger partial charge in [0.2, 0.25) is 0 Å². The van der Waals surface area contributed by atoms with Gasteiger partial charge in [-0.05, 0) is 42.6 Å². The maximum absolute atomic E-state index is 5.36. The van der Waals surface area contributed by atoms with E-state index in [1.807, 2.05) is 6.07 Å². The van der Waals surface area contributed by atoms with E-state index < -0.39 is 0 Å². The van der Waals surface area contributed by atoms with Crippen LogP contribution in [0, 0.1) is 5.92 Å². The van der Waals surface area contributed by atoms with Crippen molar-refractivity contribution in [3.63, 3.8) is 0 Å². The molecule has 0 bridgehead atoms. The number of ether oxygens (including phenoxy) is 1. The molecule has 1 atom stereocenters. The Labute approximate surface area is 126 Å². The Bertz CT molecular complexity index is 377. The lowest BCUT2D eigenvalue weighted by atomic mass is 9.88. The Morgan fingerprint density at radius 2 is 1.89 bits per heavy atom. The molecule has 1 rings (SSSR count). The summed E-state index contributed by atoms with van der Waals surface area (Å²) in [6.45, 7) is 7.79. The first-order chi connectivity index (χ1) is 9.17. The summed E-state index contributed by atoms with van der Waals surface area (Å²) < 4.78 is 6.52. The Hall–Kier alpha value is -0.540. The van der Waals surface area contributed by atoms with Crippen molar-refractivity contribution in [2.75, 3.05) is 13.7 Å². The summed E-state index contributed by atoms with van der Waals surface area (Å²) in [5.41, 5.74) is 1.31. The van der Waals surface area contributed by atoms with Crippen LogP contribution in [0.3, 0.4) is 0 Å². The summed E-state index contributed by atoms with van der Waals surface area (Å²) in [6.07, 6.45) is 3.52. The Morgan fingerprint density at radius 3 is 2.42 bits per heavy atom. The van der Waals surface area contributed by atoms with Gasteiger partial charge in [0.05, 0.1) is 7.11 Å². The van der Waals surface area contributed by atoms with Crippen molar-refractivity contribution in [3.8, 4) is 5.75 Å². The molecule has 0 spiro atoms. The van der Waals surface area contributed by atoms with E-state index in [9.17, 15) is 0 Å². The van der Waals surface area contributed by atoms with Crippen LogP contribution in [0.1, 0.15) is 51.6 Å². The van der Waals surface area contributed by atoms with Gasteiger partial charge in [0, 0.05) is 10.5 Å². The highest BCUT2D eigenvalue weighted by Crippen LogP contribution is 2.34. The topological polar surface area (TPSA) is 21.3 Å². The number of methoxy groups -OCH3 is 1. The molecule has 0 radical (unpaired) electrons. The molecule has 108 valence electrons. The summed E-state index contributed by atoms with van der Waals surface area (Å²) in [5, 5.41) is 3.69. The summed E-state index contributed by atoms with van der Waals surface area (Å²) in [6, 6.07) is 6.61. The SMILES string of the molecule is CCCNC(c1cc(OC)ccc1Br)C(CC)CC. The molecule has 0 fully saturated rings. The first kappa shape index (κ1) is 16.5. The molecule has 0 aliphatic carbocycles. The standard InChI is InChI=1S/C16H26BrNO/c1-5-10-18-16(12(6-2)7-3)14-11-13(19-4)8-9-15(14)17/h8-9,11-12,16,18H,5-7,10H2,1-4H3. The minimum Gasteiger partial charge on any atom is -0.497 e. The van der Waals surface area contributed by atoms with Gasteiger partial charge in [0.1, 0.15) is 5.75 Å². The van der Waals surface area contributed by atoms with E-state index in [0.29, 0.717) is 12.0 Å². The van der Waals surface area contributed by atoms with Crippen LogP contribution in [0.5, 0.6) is 5.75 Å². The molecule has 0 aliphatic rings. The number of nitrogens with one attached hydrogen (secondary N) is 1. The maximum atomic E-state index is 5.36. The van der Waals surface area contributed by atoms with Crippen molar-refractivity contribution in [1.29, 1.82) is 0 Å². The van der Waals surface area contributed by atoms with Crippen LogP contribution in [-0.2, 0) is 0 Å². The van der Waals surface area contributed by atoms with Gasteiger partial charge in [-0.25, -0.2) is 0 Å². The van der Waals surface area contributed by atoms with E-state index in [4.69, 9.17) is 4.74 Å². The molecule has 1 unspecified atom stereocenters. The predicted octanol–water partition coefficient (Wildman–Crippen LogP) is 4.93. The number of rotatable bonds is 8. The van der Waals surface area contributed by atoms with Gasteiger partial charge in [-0.1, -0.05) is 49.5 Å². The zero-order chi connectivity index (χ0) is 14.3. The molecule has 1 aromatic rings. The highest BCUT2D eigenvalue weighted by molar-refractivity contribution is 9.10.